The summed E-state index contributed by atoms with van der Waals surface area (Å²) in [6, 6.07) is 0. The van der Waals surface area contributed by atoms with Crippen molar-refractivity contribution < 1.29 is 4.79 Å². The van der Waals surface area contributed by atoms with Gasteiger partial charge in [0.15, 0.2) is 0 Å². The summed E-state index contributed by atoms with van der Waals surface area (Å²) >= 11 is 1.41. The molecule has 4 nitrogen and oxygen atoms in total. The highest BCUT2D eigenvalue weighted by Crippen LogP contribution is 2.27. The van der Waals surface area contributed by atoms with Crippen molar-refractivity contribution in [2.24, 2.45) is 16.0 Å². The number of hydrogen-bond acceptors (Lipinski definition) is 3. The Morgan fingerprint density at radius 2 is 2.17 bits per heavy atom. The first-order valence-corrected chi connectivity index (χ1v) is 7.66. The minimum atomic E-state index is -0.0422. The van der Waals surface area contributed by atoms with E-state index in [9.17, 15) is 4.79 Å². The van der Waals surface area contributed by atoms with E-state index in [1.165, 1.54) is 43.9 Å². The fraction of sp³-hybridized carbons (Fsp3) is 0.769. The smallest absolute Gasteiger partial charge is 0.248 e. The molecule has 0 atom stereocenters. The van der Waals surface area contributed by atoms with Gasteiger partial charge in [-0.05, 0) is 30.5 Å². The third kappa shape index (κ3) is 4.12. The van der Waals surface area contributed by atoms with Crippen molar-refractivity contribution >= 4 is 27.9 Å². The van der Waals surface area contributed by atoms with Gasteiger partial charge >= 0.3 is 0 Å². The van der Waals surface area contributed by atoms with Crippen LogP contribution in [0, 0.1) is 5.92 Å². The second-order valence-corrected chi connectivity index (χ2v) is 5.92. The topological polar surface area (TPSA) is 55.9 Å². The maximum atomic E-state index is 11.7. The minimum Gasteiger partial charge on any atom is -0.273 e. The fourth-order valence-corrected chi connectivity index (χ4v) is 3.06. The number of amides is 1. The lowest BCUT2D eigenvalue weighted by Crippen LogP contribution is -2.10. The van der Waals surface area contributed by atoms with E-state index in [2.05, 4.69) is 15.5 Å². The largest absolute Gasteiger partial charge is 0.273 e. The Morgan fingerprint density at radius 1 is 1.39 bits per heavy atom. The zero-order valence-electron chi connectivity index (χ0n) is 10.9. The number of carbonyl (C=O) groups is 1. The van der Waals surface area contributed by atoms with Crippen LogP contribution in [0.3, 0.4) is 0 Å². The molecule has 0 aromatic heterocycles. The molecule has 1 fully saturated rings. The van der Waals surface area contributed by atoms with Gasteiger partial charge in [-0.3, -0.25) is 4.79 Å². The predicted octanol–water partition coefficient (Wildman–Crippen LogP) is 3.30. The molecule has 0 saturated heterocycles. The van der Waals surface area contributed by atoms with E-state index >= 15 is 0 Å². The van der Waals surface area contributed by atoms with E-state index < -0.39 is 0 Å². The molecular formula is C13H20N3OS. The van der Waals surface area contributed by atoms with Crippen molar-refractivity contribution in [2.45, 2.75) is 58.3 Å². The van der Waals surface area contributed by atoms with Crippen LogP contribution in [0.4, 0.5) is 0 Å². The van der Waals surface area contributed by atoms with Crippen LogP contribution in [-0.4, -0.2) is 16.1 Å². The number of amidine groups is 1. The Kier molecular flexibility index (Phi) is 5.23. The van der Waals surface area contributed by atoms with E-state index in [0.717, 1.165) is 23.8 Å². The van der Waals surface area contributed by atoms with Gasteiger partial charge in [0.1, 0.15) is 5.04 Å². The van der Waals surface area contributed by atoms with Gasteiger partial charge in [0.2, 0.25) is 11.1 Å². The molecule has 1 aliphatic carbocycles. The normalized spacial score (nSPS) is 22.9. The molecule has 0 aromatic rings. The van der Waals surface area contributed by atoms with E-state index in [-0.39, 0.29) is 5.91 Å². The Balaban J connectivity index is 1.70. The van der Waals surface area contributed by atoms with Crippen LogP contribution in [0.25, 0.3) is 0 Å². The number of aliphatic imine (C=N–C) groups is 1. The van der Waals surface area contributed by atoms with Crippen LogP contribution in [0.1, 0.15) is 58.3 Å². The molecule has 0 bridgehead atoms. The van der Waals surface area contributed by atoms with Gasteiger partial charge in [-0.15, -0.1) is 10.5 Å². The van der Waals surface area contributed by atoms with Gasteiger partial charge in [0.05, 0.1) is 0 Å². The third-order valence-electron chi connectivity index (χ3n) is 3.47. The first kappa shape index (κ1) is 13.6. The molecule has 5 heteroatoms. The second-order valence-electron chi connectivity index (χ2n) is 4.88. The standard InChI is InChI=1S/C13H20N3OS/c1-2-12-15-16-13(18-12)14-11(17)9-8-10-6-4-3-5-7-10/h10H,2-9H2,1H3. The highest BCUT2D eigenvalue weighted by atomic mass is 32.2. The molecule has 0 spiro atoms. The van der Waals surface area contributed by atoms with Crippen molar-refractivity contribution in [3.05, 3.63) is 0 Å². The van der Waals surface area contributed by atoms with Crippen molar-refractivity contribution in [3.63, 3.8) is 0 Å². The molecule has 0 N–H and O–H groups in total. The molecule has 99 valence electrons. The Labute approximate surface area is 113 Å². The SMILES string of the molecule is CCC1=N[N]C(=NC(=O)CCC2CCCCC2)S1. The zero-order valence-corrected chi connectivity index (χ0v) is 11.7. The summed E-state index contributed by atoms with van der Waals surface area (Å²) in [4.78, 5) is 15.7. The Bertz CT molecular complexity index is 359. The average molecular weight is 266 g/mol. The number of rotatable bonds is 4. The minimum absolute atomic E-state index is 0.0422. The molecule has 1 heterocycles. The molecule has 2 rings (SSSR count). The van der Waals surface area contributed by atoms with Gasteiger partial charge in [0.25, 0.3) is 0 Å². The lowest BCUT2D eigenvalue weighted by atomic mass is 9.86. The molecule has 1 radical (unpaired) electrons. The Morgan fingerprint density at radius 3 is 2.83 bits per heavy atom. The van der Waals surface area contributed by atoms with Crippen molar-refractivity contribution in [1.82, 2.24) is 5.43 Å². The second kappa shape index (κ2) is 6.92. The van der Waals surface area contributed by atoms with Crippen molar-refractivity contribution in [2.75, 3.05) is 0 Å². The van der Waals surface area contributed by atoms with Crippen molar-refractivity contribution in [1.29, 1.82) is 0 Å². The number of thioether (sulfide) groups is 1. The lowest BCUT2D eigenvalue weighted by Gasteiger charge is -2.20. The molecule has 1 aliphatic heterocycles. The van der Waals surface area contributed by atoms with E-state index in [4.69, 9.17) is 0 Å². The predicted molar refractivity (Wildman–Crippen MR) is 75.7 cm³/mol. The summed E-state index contributed by atoms with van der Waals surface area (Å²) in [6.07, 6.45) is 8.98. The molecular weight excluding hydrogens is 246 g/mol. The fourth-order valence-electron chi connectivity index (χ4n) is 2.40. The highest BCUT2D eigenvalue weighted by molar-refractivity contribution is 8.26. The Hall–Kier alpha value is -0.840. The summed E-state index contributed by atoms with van der Waals surface area (Å²) in [5, 5.41) is 5.41. The zero-order chi connectivity index (χ0) is 12.8. The number of carbonyl (C=O) groups excluding carboxylic acids is 1. The van der Waals surface area contributed by atoms with Crippen molar-refractivity contribution in [3.8, 4) is 0 Å². The van der Waals surface area contributed by atoms with Crippen LogP contribution in [0.15, 0.2) is 10.1 Å². The van der Waals surface area contributed by atoms with E-state index in [0.29, 0.717) is 11.6 Å². The molecule has 2 aliphatic rings. The molecule has 1 saturated carbocycles. The summed E-state index contributed by atoms with van der Waals surface area (Å²) in [6.45, 7) is 2.02. The first-order chi connectivity index (χ1) is 8.78. The first-order valence-electron chi connectivity index (χ1n) is 6.85. The summed E-state index contributed by atoms with van der Waals surface area (Å²) in [7, 11) is 0. The lowest BCUT2D eigenvalue weighted by molar-refractivity contribution is -0.118. The molecule has 18 heavy (non-hydrogen) atoms. The summed E-state index contributed by atoms with van der Waals surface area (Å²) in [5.41, 5.74) is 3.90. The molecule has 1 amide bonds. The van der Waals surface area contributed by atoms with Gasteiger partial charge in [-0.2, -0.15) is 4.99 Å². The van der Waals surface area contributed by atoms with Crippen LogP contribution < -0.4 is 5.43 Å². The number of hydrogen-bond donors (Lipinski definition) is 0. The maximum absolute atomic E-state index is 11.7. The highest BCUT2D eigenvalue weighted by Gasteiger charge is 2.18. The van der Waals surface area contributed by atoms with E-state index in [1.54, 1.807) is 0 Å². The van der Waals surface area contributed by atoms with E-state index in [1.807, 2.05) is 6.92 Å². The van der Waals surface area contributed by atoms with Gasteiger partial charge in [-0.25, -0.2) is 0 Å². The van der Waals surface area contributed by atoms with Gasteiger partial charge < -0.3 is 0 Å². The molecule has 0 unspecified atom stereocenters. The third-order valence-corrected chi connectivity index (χ3v) is 4.43. The summed E-state index contributed by atoms with van der Waals surface area (Å²) < 4.78 is 0. The quantitative estimate of drug-likeness (QED) is 0.784. The monoisotopic (exact) mass is 266 g/mol. The van der Waals surface area contributed by atoms with Crippen LogP contribution in [-0.2, 0) is 4.79 Å². The average Bonchev–Trinajstić information content (AvgIpc) is 2.85. The summed E-state index contributed by atoms with van der Waals surface area (Å²) in [5.74, 6) is 0.692. The van der Waals surface area contributed by atoms with Gasteiger partial charge in [-0.1, -0.05) is 39.0 Å². The van der Waals surface area contributed by atoms with Gasteiger partial charge in [0, 0.05) is 6.42 Å². The number of nitrogens with zero attached hydrogens (tertiary/aromatic N) is 3. The van der Waals surface area contributed by atoms with Crippen LogP contribution in [0.5, 0.6) is 0 Å². The maximum Gasteiger partial charge on any atom is 0.248 e. The molecule has 0 aromatic carbocycles. The van der Waals surface area contributed by atoms with Crippen LogP contribution in [0.2, 0.25) is 0 Å². The van der Waals surface area contributed by atoms with Crippen LogP contribution >= 0.6 is 11.8 Å².